The van der Waals surface area contributed by atoms with E-state index in [4.69, 9.17) is 0 Å². The molecule has 0 heterocycles. The first kappa shape index (κ1) is 23.3. The Hall–Kier alpha value is -4.32. The van der Waals surface area contributed by atoms with Gasteiger partial charge in [-0.2, -0.15) is 0 Å². The van der Waals surface area contributed by atoms with E-state index in [1.54, 1.807) is 26.0 Å². The van der Waals surface area contributed by atoms with Crippen molar-refractivity contribution in [1.29, 1.82) is 0 Å². The Bertz CT molecular complexity index is 1320. The largest absolute Gasteiger partial charge is 0.322 e. The molecule has 0 radical (unpaired) electrons. The van der Waals surface area contributed by atoms with Crippen molar-refractivity contribution in [2.75, 3.05) is 10.0 Å². The Kier molecular flexibility index (Phi) is 6.40. The molecule has 170 valence electrons. The van der Waals surface area contributed by atoms with Gasteiger partial charge in [-0.1, -0.05) is 18.2 Å². The van der Waals surface area contributed by atoms with Crippen LogP contribution >= 0.6 is 0 Å². The van der Waals surface area contributed by atoms with Gasteiger partial charge in [-0.05, 0) is 49.2 Å². The zero-order valence-electron chi connectivity index (χ0n) is 17.4. The van der Waals surface area contributed by atoms with Crippen molar-refractivity contribution in [2.45, 2.75) is 18.7 Å². The number of sulfonamides is 1. The lowest BCUT2D eigenvalue weighted by Crippen LogP contribution is -2.15. The minimum absolute atomic E-state index is 0.0471. The van der Waals surface area contributed by atoms with Crippen molar-refractivity contribution in [3.05, 3.63) is 97.6 Å². The number of amides is 1. The number of nitrogens with one attached hydrogen (secondary N) is 2. The quantitative estimate of drug-likeness (QED) is 0.387. The first-order valence-corrected chi connectivity index (χ1v) is 10.9. The fraction of sp³-hybridized carbons (Fsp3) is 0.0952. The second-order valence-corrected chi connectivity index (χ2v) is 8.79. The second kappa shape index (κ2) is 9.04. The maximum absolute atomic E-state index is 12.7. The molecule has 0 aliphatic rings. The Balaban J connectivity index is 1.81. The summed E-state index contributed by atoms with van der Waals surface area (Å²) in [6.07, 6.45) is 0. The Morgan fingerprint density at radius 2 is 1.36 bits per heavy atom. The van der Waals surface area contributed by atoms with Gasteiger partial charge < -0.3 is 5.32 Å². The van der Waals surface area contributed by atoms with E-state index in [-0.39, 0.29) is 16.1 Å². The number of nitro groups is 2. The van der Waals surface area contributed by atoms with E-state index < -0.39 is 37.2 Å². The van der Waals surface area contributed by atoms with Gasteiger partial charge >= 0.3 is 0 Å². The first-order chi connectivity index (χ1) is 15.5. The number of carbonyl (C=O) groups is 1. The molecular formula is C21H18N4O7S. The molecule has 0 saturated carbocycles. The van der Waals surface area contributed by atoms with Gasteiger partial charge in [0.05, 0.1) is 32.1 Å². The molecular weight excluding hydrogens is 452 g/mol. The molecule has 0 fully saturated rings. The van der Waals surface area contributed by atoms with Crippen LogP contribution in [0.4, 0.5) is 22.7 Å². The van der Waals surface area contributed by atoms with Gasteiger partial charge in [-0.25, -0.2) is 8.42 Å². The smallest absolute Gasteiger partial charge is 0.277 e. The van der Waals surface area contributed by atoms with E-state index >= 15 is 0 Å². The van der Waals surface area contributed by atoms with Crippen LogP contribution in [-0.2, 0) is 10.0 Å². The average Bonchev–Trinajstić information content (AvgIpc) is 2.76. The molecule has 0 atom stereocenters. The molecule has 0 aromatic heterocycles. The zero-order valence-corrected chi connectivity index (χ0v) is 18.3. The third kappa shape index (κ3) is 5.30. The number of rotatable bonds is 7. The molecule has 0 unspecified atom stereocenters. The number of benzene rings is 3. The van der Waals surface area contributed by atoms with Crippen LogP contribution in [0, 0.1) is 34.1 Å². The number of non-ortho nitro benzene ring substituents is 2. The van der Waals surface area contributed by atoms with E-state index in [9.17, 15) is 33.4 Å². The van der Waals surface area contributed by atoms with Crippen LogP contribution in [0.1, 0.15) is 21.5 Å². The molecule has 0 aliphatic heterocycles. The standard InChI is InChI=1S/C21H18N4O7S/c1-13-4-3-5-14(2)20(13)23-33(31,32)19-8-6-16(7-9-19)22-21(26)15-10-17(24(27)28)12-18(11-15)25(29)30/h3-12,23H,1-2H3,(H,22,26). The van der Waals surface area contributed by atoms with Gasteiger partial charge in [-0.3, -0.25) is 29.7 Å². The number of anilines is 2. The van der Waals surface area contributed by atoms with Crippen molar-refractivity contribution in [2.24, 2.45) is 0 Å². The lowest BCUT2D eigenvalue weighted by molar-refractivity contribution is -0.394. The van der Waals surface area contributed by atoms with Crippen LogP contribution in [0.5, 0.6) is 0 Å². The lowest BCUT2D eigenvalue weighted by atomic mass is 10.1. The van der Waals surface area contributed by atoms with Gasteiger partial charge in [-0.15, -0.1) is 0 Å². The van der Waals surface area contributed by atoms with Gasteiger partial charge in [0.1, 0.15) is 0 Å². The first-order valence-electron chi connectivity index (χ1n) is 9.42. The minimum atomic E-state index is -3.90. The summed E-state index contributed by atoms with van der Waals surface area (Å²) < 4.78 is 28.0. The SMILES string of the molecule is Cc1cccc(C)c1NS(=O)(=O)c1ccc(NC(=O)c2cc([N+](=O)[O-])cc([N+](=O)[O-])c2)cc1. The minimum Gasteiger partial charge on any atom is -0.322 e. The van der Waals surface area contributed by atoms with Crippen LogP contribution in [0.15, 0.2) is 65.6 Å². The molecule has 33 heavy (non-hydrogen) atoms. The molecule has 1 amide bonds. The molecule has 0 spiro atoms. The number of hydrogen-bond acceptors (Lipinski definition) is 7. The second-order valence-electron chi connectivity index (χ2n) is 7.10. The molecule has 0 saturated heterocycles. The average molecular weight is 470 g/mol. The highest BCUT2D eigenvalue weighted by Crippen LogP contribution is 2.25. The summed E-state index contributed by atoms with van der Waals surface area (Å²) >= 11 is 0. The highest BCUT2D eigenvalue weighted by Gasteiger charge is 2.21. The van der Waals surface area contributed by atoms with E-state index in [2.05, 4.69) is 10.0 Å². The number of hydrogen-bond donors (Lipinski definition) is 2. The van der Waals surface area contributed by atoms with Crippen molar-refractivity contribution in [3.8, 4) is 0 Å². The van der Waals surface area contributed by atoms with Gasteiger partial charge in [0.25, 0.3) is 27.3 Å². The summed E-state index contributed by atoms with van der Waals surface area (Å²) in [5.74, 6) is -0.828. The van der Waals surface area contributed by atoms with E-state index in [1.807, 2.05) is 6.07 Å². The highest BCUT2D eigenvalue weighted by atomic mass is 32.2. The number of para-hydroxylation sites is 1. The fourth-order valence-electron chi connectivity index (χ4n) is 3.03. The lowest BCUT2D eigenvalue weighted by Gasteiger charge is -2.13. The molecule has 0 aliphatic carbocycles. The van der Waals surface area contributed by atoms with E-state index in [0.717, 1.165) is 29.3 Å². The third-order valence-electron chi connectivity index (χ3n) is 4.73. The number of nitro benzene ring substituents is 2. The molecule has 11 nitrogen and oxygen atoms in total. The maximum Gasteiger partial charge on any atom is 0.277 e. The number of aryl methyl sites for hydroxylation is 2. The summed E-state index contributed by atoms with van der Waals surface area (Å²) in [6, 6.07) is 13.2. The Morgan fingerprint density at radius 1 is 0.848 bits per heavy atom. The highest BCUT2D eigenvalue weighted by molar-refractivity contribution is 7.92. The van der Waals surface area contributed by atoms with Gasteiger partial charge in [0.2, 0.25) is 0 Å². The van der Waals surface area contributed by atoms with Gasteiger partial charge in [0, 0.05) is 17.8 Å². The maximum atomic E-state index is 12.7. The zero-order chi connectivity index (χ0) is 24.3. The molecule has 0 bridgehead atoms. The van der Waals surface area contributed by atoms with Crippen LogP contribution in [0.2, 0.25) is 0 Å². The summed E-state index contributed by atoms with van der Waals surface area (Å²) in [5, 5.41) is 24.4. The van der Waals surface area contributed by atoms with Crippen molar-refractivity contribution in [3.63, 3.8) is 0 Å². The topological polar surface area (TPSA) is 162 Å². The summed E-state index contributed by atoms with van der Waals surface area (Å²) in [5.41, 5.74) is 0.690. The third-order valence-corrected chi connectivity index (χ3v) is 6.09. The van der Waals surface area contributed by atoms with Crippen molar-refractivity contribution < 1.29 is 23.1 Å². The molecule has 2 N–H and O–H groups in total. The van der Waals surface area contributed by atoms with Gasteiger partial charge in [0.15, 0.2) is 0 Å². The Labute approximate surface area is 188 Å². The monoisotopic (exact) mass is 470 g/mol. The molecule has 3 rings (SSSR count). The summed E-state index contributed by atoms with van der Waals surface area (Å²) in [7, 11) is -3.90. The molecule has 12 heteroatoms. The predicted molar refractivity (Wildman–Crippen MR) is 121 cm³/mol. The molecule has 3 aromatic carbocycles. The molecule has 3 aromatic rings. The normalized spacial score (nSPS) is 11.0. The van der Waals surface area contributed by atoms with Crippen LogP contribution in [0.25, 0.3) is 0 Å². The van der Waals surface area contributed by atoms with E-state index in [0.29, 0.717) is 5.69 Å². The van der Waals surface area contributed by atoms with Crippen LogP contribution < -0.4 is 10.0 Å². The summed E-state index contributed by atoms with van der Waals surface area (Å²) in [6.45, 7) is 3.56. The fourth-order valence-corrected chi connectivity index (χ4v) is 4.23. The van der Waals surface area contributed by atoms with Crippen LogP contribution in [0.3, 0.4) is 0 Å². The van der Waals surface area contributed by atoms with Crippen molar-refractivity contribution >= 4 is 38.7 Å². The van der Waals surface area contributed by atoms with Crippen molar-refractivity contribution in [1.82, 2.24) is 0 Å². The van der Waals surface area contributed by atoms with E-state index in [1.165, 1.54) is 24.3 Å². The summed E-state index contributed by atoms with van der Waals surface area (Å²) in [4.78, 5) is 32.7. The Morgan fingerprint density at radius 3 is 1.85 bits per heavy atom. The number of carbonyl (C=O) groups excluding carboxylic acids is 1. The predicted octanol–water partition coefficient (Wildman–Crippen LogP) is 4.17. The van der Waals surface area contributed by atoms with Crippen LogP contribution in [-0.4, -0.2) is 24.2 Å². The number of nitrogens with zero attached hydrogens (tertiary/aromatic N) is 2.